The maximum absolute atomic E-state index is 5.50. The van der Waals surface area contributed by atoms with E-state index in [0.717, 1.165) is 49.1 Å². The second kappa shape index (κ2) is 9.23. The Morgan fingerprint density at radius 1 is 1.11 bits per heavy atom. The van der Waals surface area contributed by atoms with Crippen molar-refractivity contribution in [3.05, 3.63) is 48.3 Å². The number of allylic oxidation sites excluding steroid dienone is 1. The largest absolute Gasteiger partial charge is 0.472 e. The van der Waals surface area contributed by atoms with Gasteiger partial charge < -0.3 is 34.8 Å². The summed E-state index contributed by atoms with van der Waals surface area (Å²) in [7, 11) is 4.20. The quantitative estimate of drug-likeness (QED) is 0.445. The molecule has 1 unspecified atom stereocenters. The van der Waals surface area contributed by atoms with E-state index >= 15 is 0 Å². The van der Waals surface area contributed by atoms with Gasteiger partial charge in [-0.25, -0.2) is 5.01 Å². The smallest absolute Gasteiger partial charge is 0.226 e. The molecule has 6 rings (SSSR count). The highest BCUT2D eigenvalue weighted by atomic mass is 16.5. The molecule has 3 aromatic heterocycles. The Kier molecular flexibility index (Phi) is 5.78. The summed E-state index contributed by atoms with van der Waals surface area (Å²) in [5.74, 6) is 3.60. The molecule has 1 saturated carbocycles. The minimum atomic E-state index is 0.0282. The number of hydrazine groups is 1. The molecule has 1 aliphatic carbocycles. The molecule has 2 aliphatic heterocycles. The molecule has 0 aromatic carbocycles. The first-order valence-corrected chi connectivity index (χ1v) is 12.1. The van der Waals surface area contributed by atoms with Crippen LogP contribution < -0.4 is 21.0 Å². The number of anilines is 3. The van der Waals surface area contributed by atoms with Crippen LogP contribution in [0, 0.1) is 5.92 Å². The molecule has 3 N–H and O–H groups in total. The summed E-state index contributed by atoms with van der Waals surface area (Å²) in [5.41, 5.74) is 6.39. The van der Waals surface area contributed by atoms with Crippen LogP contribution in [-0.4, -0.2) is 71.5 Å². The molecule has 0 spiro atoms. The third-order valence-corrected chi connectivity index (χ3v) is 6.71. The molecule has 184 valence electrons. The summed E-state index contributed by atoms with van der Waals surface area (Å²) in [4.78, 5) is 14.2. The second-order valence-electron chi connectivity index (χ2n) is 9.48. The number of piperazine rings is 1. The van der Waals surface area contributed by atoms with Crippen LogP contribution in [0.5, 0.6) is 0 Å². The van der Waals surface area contributed by atoms with E-state index in [1.54, 1.807) is 12.5 Å². The second-order valence-corrected chi connectivity index (χ2v) is 9.48. The van der Waals surface area contributed by atoms with E-state index in [1.807, 2.05) is 25.2 Å². The van der Waals surface area contributed by atoms with Gasteiger partial charge in [-0.05, 0) is 37.9 Å². The standard InChI is InChI=1S/C24H31N9O2/c1-31-6-8-33(9-7-31)23-13-21(26-22-12-19(16-3-4-16)29-32(22)2)27-24(28-23)25-14-18-11-20(30-35-18)17-5-10-34-15-17/h5,10-13,15-16,22,29H,3-4,6-9,14H2,1-2H3,(H2,25,26,27,28). The lowest BCUT2D eigenvalue weighted by Crippen LogP contribution is -2.45. The number of furan rings is 1. The van der Waals surface area contributed by atoms with Crippen molar-refractivity contribution >= 4 is 17.6 Å². The maximum atomic E-state index is 5.50. The predicted octanol–water partition coefficient (Wildman–Crippen LogP) is 2.57. The lowest BCUT2D eigenvalue weighted by molar-refractivity contribution is 0.261. The number of rotatable bonds is 8. The lowest BCUT2D eigenvalue weighted by Gasteiger charge is -2.33. The number of hydrogen-bond acceptors (Lipinski definition) is 11. The SMILES string of the molecule is CN1CCN(c2cc(NC3C=C(C4CC4)NN3C)nc(NCc3cc(-c4ccoc4)no3)n2)CC1. The molecule has 2 fully saturated rings. The van der Waals surface area contributed by atoms with Gasteiger partial charge in [-0.2, -0.15) is 9.97 Å². The zero-order chi connectivity index (χ0) is 23.8. The van der Waals surface area contributed by atoms with Crippen molar-refractivity contribution in [1.82, 2.24) is 30.5 Å². The van der Waals surface area contributed by atoms with E-state index in [1.165, 1.54) is 18.5 Å². The Labute approximate surface area is 204 Å². The molecule has 35 heavy (non-hydrogen) atoms. The first-order chi connectivity index (χ1) is 17.1. The summed E-state index contributed by atoms with van der Waals surface area (Å²) in [6, 6.07) is 5.79. The van der Waals surface area contributed by atoms with Gasteiger partial charge in [-0.1, -0.05) is 5.16 Å². The van der Waals surface area contributed by atoms with E-state index < -0.39 is 0 Å². The monoisotopic (exact) mass is 477 g/mol. The minimum absolute atomic E-state index is 0.0282. The molecular weight excluding hydrogens is 446 g/mol. The Morgan fingerprint density at radius 2 is 1.97 bits per heavy atom. The van der Waals surface area contributed by atoms with Gasteiger partial charge in [0.2, 0.25) is 5.95 Å². The highest BCUT2D eigenvalue weighted by Gasteiger charge is 2.32. The lowest BCUT2D eigenvalue weighted by atomic mass is 10.2. The van der Waals surface area contributed by atoms with Gasteiger partial charge >= 0.3 is 0 Å². The van der Waals surface area contributed by atoms with E-state index in [9.17, 15) is 0 Å². The van der Waals surface area contributed by atoms with Crippen molar-refractivity contribution in [3.8, 4) is 11.3 Å². The summed E-state index contributed by atoms with van der Waals surface area (Å²) in [5, 5.41) is 13.1. The van der Waals surface area contributed by atoms with Gasteiger partial charge in [0.15, 0.2) is 5.76 Å². The highest BCUT2D eigenvalue weighted by Crippen LogP contribution is 2.37. The average Bonchev–Trinajstić information content (AvgIpc) is 3.21. The van der Waals surface area contributed by atoms with Crippen LogP contribution in [0.1, 0.15) is 18.6 Å². The van der Waals surface area contributed by atoms with Gasteiger partial charge in [-0.3, -0.25) is 0 Å². The summed E-state index contributed by atoms with van der Waals surface area (Å²) in [6.45, 7) is 4.30. The molecule has 5 heterocycles. The van der Waals surface area contributed by atoms with Crippen molar-refractivity contribution in [1.29, 1.82) is 0 Å². The van der Waals surface area contributed by atoms with E-state index in [4.69, 9.17) is 18.9 Å². The van der Waals surface area contributed by atoms with E-state index in [0.29, 0.717) is 24.2 Å². The molecule has 3 aromatic rings. The topological polar surface area (TPSA) is 111 Å². The Bertz CT molecular complexity index is 1180. The molecule has 0 bridgehead atoms. The molecular formula is C24H31N9O2. The van der Waals surface area contributed by atoms with Crippen molar-refractivity contribution in [2.75, 3.05) is 55.8 Å². The van der Waals surface area contributed by atoms with Crippen LogP contribution in [0.3, 0.4) is 0 Å². The van der Waals surface area contributed by atoms with Gasteiger partial charge in [0.05, 0.1) is 19.1 Å². The average molecular weight is 478 g/mol. The number of nitrogens with one attached hydrogen (secondary N) is 3. The first kappa shape index (κ1) is 21.9. The van der Waals surface area contributed by atoms with Crippen LogP contribution in [0.4, 0.5) is 17.6 Å². The number of aromatic nitrogens is 3. The molecule has 1 atom stereocenters. The van der Waals surface area contributed by atoms with Crippen LogP contribution in [0.25, 0.3) is 11.3 Å². The summed E-state index contributed by atoms with van der Waals surface area (Å²) < 4.78 is 10.6. The molecule has 3 aliphatic rings. The minimum Gasteiger partial charge on any atom is -0.472 e. The molecule has 11 nitrogen and oxygen atoms in total. The Morgan fingerprint density at radius 3 is 2.74 bits per heavy atom. The van der Waals surface area contributed by atoms with Crippen LogP contribution in [0.15, 0.2) is 51.4 Å². The van der Waals surface area contributed by atoms with Crippen molar-refractivity contribution in [2.45, 2.75) is 25.6 Å². The van der Waals surface area contributed by atoms with E-state index in [2.05, 4.69) is 49.1 Å². The fraction of sp³-hybridized carbons (Fsp3) is 0.458. The number of likely N-dealkylation sites (N-methyl/N-ethyl adjacent to an activating group) is 2. The van der Waals surface area contributed by atoms with Crippen molar-refractivity contribution in [3.63, 3.8) is 0 Å². The van der Waals surface area contributed by atoms with E-state index in [-0.39, 0.29) is 6.17 Å². The van der Waals surface area contributed by atoms with Crippen LogP contribution in [-0.2, 0) is 6.54 Å². The molecule has 11 heteroatoms. The summed E-state index contributed by atoms with van der Waals surface area (Å²) in [6.07, 6.45) is 8.08. The fourth-order valence-electron chi connectivity index (χ4n) is 4.40. The van der Waals surface area contributed by atoms with Crippen molar-refractivity contribution < 1.29 is 8.94 Å². The normalized spacial score (nSPS) is 21.1. The third-order valence-electron chi connectivity index (χ3n) is 6.71. The Balaban J connectivity index is 1.20. The Hall–Kier alpha value is -3.57. The van der Waals surface area contributed by atoms with Crippen LogP contribution >= 0.6 is 0 Å². The van der Waals surface area contributed by atoms with Gasteiger partial charge in [-0.15, -0.1) is 0 Å². The third kappa shape index (κ3) is 4.96. The highest BCUT2D eigenvalue weighted by molar-refractivity contribution is 5.57. The number of hydrogen-bond donors (Lipinski definition) is 3. The van der Waals surface area contributed by atoms with Gasteiger partial charge in [0.25, 0.3) is 0 Å². The first-order valence-electron chi connectivity index (χ1n) is 12.1. The number of nitrogens with zero attached hydrogens (tertiary/aromatic N) is 6. The molecule has 0 radical (unpaired) electrons. The van der Waals surface area contributed by atoms with Gasteiger partial charge in [0.1, 0.15) is 23.5 Å². The zero-order valence-corrected chi connectivity index (χ0v) is 20.1. The summed E-state index contributed by atoms with van der Waals surface area (Å²) >= 11 is 0. The fourth-order valence-corrected chi connectivity index (χ4v) is 4.40. The van der Waals surface area contributed by atoms with Crippen molar-refractivity contribution in [2.24, 2.45) is 5.92 Å². The zero-order valence-electron chi connectivity index (χ0n) is 20.1. The maximum Gasteiger partial charge on any atom is 0.226 e. The molecule has 0 amide bonds. The molecule has 1 saturated heterocycles. The predicted molar refractivity (Wildman–Crippen MR) is 132 cm³/mol. The van der Waals surface area contributed by atoms with Gasteiger partial charge in [0, 0.05) is 56.6 Å². The van der Waals surface area contributed by atoms with Crippen LogP contribution in [0.2, 0.25) is 0 Å².